The van der Waals surface area contributed by atoms with Crippen LogP contribution >= 0.6 is 0 Å². The quantitative estimate of drug-likeness (QED) is 0.826. The van der Waals surface area contributed by atoms with Crippen molar-refractivity contribution >= 4 is 0 Å². The molecular formula is C16H22F3N. The van der Waals surface area contributed by atoms with E-state index in [4.69, 9.17) is 0 Å². The molecule has 4 heteroatoms. The van der Waals surface area contributed by atoms with Crippen LogP contribution < -0.4 is 5.32 Å². The van der Waals surface area contributed by atoms with E-state index in [1.165, 1.54) is 25.7 Å². The zero-order valence-electron chi connectivity index (χ0n) is 12.0. The number of hydrogen-bond donors (Lipinski definition) is 1. The Labute approximate surface area is 118 Å². The van der Waals surface area contributed by atoms with E-state index >= 15 is 0 Å². The molecule has 112 valence electrons. The van der Waals surface area contributed by atoms with Crippen molar-refractivity contribution in [2.75, 3.05) is 0 Å². The van der Waals surface area contributed by atoms with Crippen molar-refractivity contribution in [1.29, 1.82) is 0 Å². The highest BCUT2D eigenvalue weighted by Gasteiger charge is 2.30. The molecule has 0 radical (unpaired) electrons. The summed E-state index contributed by atoms with van der Waals surface area (Å²) in [6.45, 7) is 4.19. The van der Waals surface area contributed by atoms with Crippen LogP contribution in [0.2, 0.25) is 0 Å². The van der Waals surface area contributed by atoms with Crippen molar-refractivity contribution in [1.82, 2.24) is 5.32 Å². The Bertz CT molecular complexity index is 418. The zero-order chi connectivity index (χ0) is 14.8. The fourth-order valence-corrected chi connectivity index (χ4v) is 3.04. The van der Waals surface area contributed by atoms with Gasteiger partial charge in [-0.1, -0.05) is 25.0 Å². The first-order valence-corrected chi connectivity index (χ1v) is 7.31. The van der Waals surface area contributed by atoms with Gasteiger partial charge in [-0.25, -0.2) is 0 Å². The molecule has 0 bridgehead atoms. The molecule has 1 saturated carbocycles. The second-order valence-corrected chi connectivity index (χ2v) is 5.84. The zero-order valence-corrected chi connectivity index (χ0v) is 12.0. The fourth-order valence-electron chi connectivity index (χ4n) is 3.04. The Kier molecular flexibility index (Phi) is 4.74. The normalized spacial score (nSPS) is 20.1. The van der Waals surface area contributed by atoms with Crippen molar-refractivity contribution < 1.29 is 13.2 Å². The molecule has 0 amide bonds. The van der Waals surface area contributed by atoms with E-state index in [-0.39, 0.29) is 6.04 Å². The highest BCUT2D eigenvalue weighted by atomic mass is 19.4. The molecule has 1 aliphatic carbocycles. The van der Waals surface area contributed by atoms with E-state index in [0.717, 1.165) is 17.7 Å². The maximum Gasteiger partial charge on any atom is 0.416 e. The average molecular weight is 285 g/mol. The molecule has 1 aromatic carbocycles. The van der Waals surface area contributed by atoms with Gasteiger partial charge in [-0.15, -0.1) is 0 Å². The first-order chi connectivity index (χ1) is 9.38. The maximum atomic E-state index is 12.5. The van der Waals surface area contributed by atoms with E-state index in [1.807, 2.05) is 6.92 Å². The molecule has 1 N–H and O–H groups in total. The number of hydrogen-bond acceptors (Lipinski definition) is 1. The van der Waals surface area contributed by atoms with Gasteiger partial charge in [-0.05, 0) is 50.3 Å². The summed E-state index contributed by atoms with van der Waals surface area (Å²) in [5.74, 6) is 0.701. The van der Waals surface area contributed by atoms with E-state index < -0.39 is 11.7 Å². The van der Waals surface area contributed by atoms with Gasteiger partial charge in [0.1, 0.15) is 0 Å². The lowest BCUT2D eigenvalue weighted by atomic mass is 9.97. The second-order valence-electron chi connectivity index (χ2n) is 5.84. The minimum Gasteiger partial charge on any atom is -0.307 e. The van der Waals surface area contributed by atoms with Crippen LogP contribution in [0.1, 0.15) is 56.7 Å². The Morgan fingerprint density at radius 2 is 1.60 bits per heavy atom. The third-order valence-corrected chi connectivity index (χ3v) is 4.36. The van der Waals surface area contributed by atoms with Gasteiger partial charge in [0.2, 0.25) is 0 Å². The van der Waals surface area contributed by atoms with Crippen LogP contribution in [0.3, 0.4) is 0 Å². The maximum absolute atomic E-state index is 12.5. The van der Waals surface area contributed by atoms with Crippen LogP contribution in [-0.4, -0.2) is 6.04 Å². The molecule has 1 aromatic rings. The van der Waals surface area contributed by atoms with Gasteiger partial charge in [-0.2, -0.15) is 13.2 Å². The molecule has 1 fully saturated rings. The number of alkyl halides is 3. The SMILES string of the molecule is CC(N[C@@H](C)C1CCCC1)c1ccc(C(F)(F)F)cc1. The lowest BCUT2D eigenvalue weighted by Crippen LogP contribution is -2.34. The number of benzene rings is 1. The predicted octanol–water partition coefficient (Wildman–Crippen LogP) is 4.93. The Morgan fingerprint density at radius 1 is 1.05 bits per heavy atom. The summed E-state index contributed by atoms with van der Waals surface area (Å²) in [5, 5.41) is 3.52. The molecule has 20 heavy (non-hydrogen) atoms. The summed E-state index contributed by atoms with van der Waals surface area (Å²) in [4.78, 5) is 0. The van der Waals surface area contributed by atoms with Gasteiger partial charge < -0.3 is 5.32 Å². The largest absolute Gasteiger partial charge is 0.416 e. The standard InChI is InChI=1S/C16H22F3N/c1-11(13-5-3-4-6-13)20-12(2)14-7-9-15(10-8-14)16(17,18)19/h7-13,20H,3-6H2,1-2H3/t11-,12?/m0/s1. The highest BCUT2D eigenvalue weighted by molar-refractivity contribution is 5.26. The minimum atomic E-state index is -4.26. The Hall–Kier alpha value is -1.03. The van der Waals surface area contributed by atoms with Crippen LogP contribution in [0.4, 0.5) is 13.2 Å². The van der Waals surface area contributed by atoms with E-state index in [2.05, 4.69) is 12.2 Å². The minimum absolute atomic E-state index is 0.0767. The molecule has 0 heterocycles. The Balaban J connectivity index is 1.96. The van der Waals surface area contributed by atoms with Gasteiger partial charge in [0, 0.05) is 12.1 Å². The van der Waals surface area contributed by atoms with Gasteiger partial charge in [-0.3, -0.25) is 0 Å². The molecule has 0 spiro atoms. The van der Waals surface area contributed by atoms with E-state index in [0.29, 0.717) is 12.0 Å². The molecular weight excluding hydrogens is 263 g/mol. The highest BCUT2D eigenvalue weighted by Crippen LogP contribution is 2.31. The molecule has 1 aliphatic rings. The Morgan fingerprint density at radius 3 is 2.10 bits per heavy atom. The van der Waals surface area contributed by atoms with Crippen LogP contribution in [0.5, 0.6) is 0 Å². The van der Waals surface area contributed by atoms with E-state index in [1.54, 1.807) is 12.1 Å². The lowest BCUT2D eigenvalue weighted by molar-refractivity contribution is -0.137. The molecule has 2 rings (SSSR count). The van der Waals surface area contributed by atoms with Crippen molar-refractivity contribution in [2.24, 2.45) is 5.92 Å². The van der Waals surface area contributed by atoms with Crippen LogP contribution in [-0.2, 0) is 6.18 Å². The van der Waals surface area contributed by atoms with Crippen molar-refractivity contribution in [2.45, 2.75) is 57.8 Å². The van der Waals surface area contributed by atoms with Gasteiger partial charge >= 0.3 is 6.18 Å². The van der Waals surface area contributed by atoms with Gasteiger partial charge in [0.05, 0.1) is 5.56 Å². The molecule has 0 aliphatic heterocycles. The average Bonchev–Trinajstić information content (AvgIpc) is 2.91. The van der Waals surface area contributed by atoms with Crippen molar-refractivity contribution in [3.8, 4) is 0 Å². The third kappa shape index (κ3) is 3.75. The van der Waals surface area contributed by atoms with Crippen LogP contribution in [0, 0.1) is 5.92 Å². The first-order valence-electron chi connectivity index (χ1n) is 7.31. The third-order valence-electron chi connectivity index (χ3n) is 4.36. The van der Waals surface area contributed by atoms with Crippen molar-refractivity contribution in [3.63, 3.8) is 0 Å². The molecule has 0 aromatic heterocycles. The smallest absolute Gasteiger partial charge is 0.307 e. The summed E-state index contributed by atoms with van der Waals surface area (Å²) in [5.41, 5.74) is 0.320. The number of nitrogens with one attached hydrogen (secondary N) is 1. The van der Waals surface area contributed by atoms with Gasteiger partial charge in [0.15, 0.2) is 0 Å². The molecule has 0 saturated heterocycles. The second kappa shape index (κ2) is 6.17. The predicted molar refractivity (Wildman–Crippen MR) is 74.4 cm³/mol. The van der Waals surface area contributed by atoms with Crippen LogP contribution in [0.25, 0.3) is 0 Å². The summed E-state index contributed by atoms with van der Waals surface area (Å²) in [6, 6.07) is 5.95. The number of rotatable bonds is 4. The summed E-state index contributed by atoms with van der Waals surface area (Å²) >= 11 is 0. The van der Waals surface area contributed by atoms with Crippen LogP contribution in [0.15, 0.2) is 24.3 Å². The molecule has 1 unspecified atom stereocenters. The summed E-state index contributed by atoms with van der Waals surface area (Å²) < 4.78 is 37.6. The topological polar surface area (TPSA) is 12.0 Å². The van der Waals surface area contributed by atoms with E-state index in [9.17, 15) is 13.2 Å². The summed E-state index contributed by atoms with van der Waals surface area (Å²) in [7, 11) is 0. The molecule has 1 nitrogen and oxygen atoms in total. The lowest BCUT2D eigenvalue weighted by Gasteiger charge is -2.25. The number of halogens is 3. The molecule has 2 atom stereocenters. The monoisotopic (exact) mass is 285 g/mol. The van der Waals surface area contributed by atoms with Gasteiger partial charge in [0.25, 0.3) is 0 Å². The summed E-state index contributed by atoms with van der Waals surface area (Å²) in [6.07, 6.45) is 0.852. The van der Waals surface area contributed by atoms with Crippen molar-refractivity contribution in [3.05, 3.63) is 35.4 Å². The fraction of sp³-hybridized carbons (Fsp3) is 0.625. The first kappa shape index (κ1) is 15.4.